The second-order valence-electron chi connectivity index (χ2n) is 5.22. The van der Waals surface area contributed by atoms with Crippen molar-refractivity contribution in [3.05, 3.63) is 35.4 Å². The number of hydrogen-bond donors (Lipinski definition) is 1. The molecular formula is C14H20N2. The highest BCUT2D eigenvalue weighted by molar-refractivity contribution is 5.29. The highest BCUT2D eigenvalue weighted by atomic mass is 15.3. The number of likely N-dealkylation sites (tertiary alicyclic amines) is 1. The van der Waals surface area contributed by atoms with Crippen LogP contribution in [0.25, 0.3) is 0 Å². The Morgan fingerprint density at radius 2 is 2.19 bits per heavy atom. The molecule has 0 amide bonds. The molecule has 1 aromatic rings. The Hall–Kier alpha value is -0.860. The van der Waals surface area contributed by atoms with Gasteiger partial charge in [0.05, 0.1) is 0 Å². The second-order valence-corrected chi connectivity index (χ2v) is 5.22. The summed E-state index contributed by atoms with van der Waals surface area (Å²) in [6.45, 7) is 6.97. The number of piperazine rings is 1. The molecule has 0 aromatic heterocycles. The Bertz CT molecular complexity index is 388. The molecular weight excluding hydrogens is 196 g/mol. The number of aryl methyl sites for hydroxylation is 1. The summed E-state index contributed by atoms with van der Waals surface area (Å²) in [4.78, 5) is 2.67. The predicted octanol–water partition coefficient (Wildman–Crippen LogP) is 2.10. The third-order valence-electron chi connectivity index (χ3n) is 4.23. The monoisotopic (exact) mass is 216 g/mol. The van der Waals surface area contributed by atoms with Crippen LogP contribution in [0.2, 0.25) is 0 Å². The molecule has 2 aliphatic rings. The Balaban J connectivity index is 1.83. The van der Waals surface area contributed by atoms with Crippen molar-refractivity contribution in [2.75, 3.05) is 13.1 Å². The smallest absolute Gasteiger partial charge is 0.0326 e. The van der Waals surface area contributed by atoms with Gasteiger partial charge in [0, 0.05) is 31.2 Å². The summed E-state index contributed by atoms with van der Waals surface area (Å²) in [6.07, 6.45) is 1.34. The van der Waals surface area contributed by atoms with Crippen molar-refractivity contribution in [1.82, 2.24) is 10.2 Å². The minimum Gasteiger partial charge on any atom is -0.311 e. The first kappa shape index (κ1) is 10.3. The van der Waals surface area contributed by atoms with Gasteiger partial charge in [-0.15, -0.1) is 0 Å². The molecule has 0 saturated carbocycles. The fourth-order valence-corrected chi connectivity index (χ4v) is 3.30. The van der Waals surface area contributed by atoms with Gasteiger partial charge in [0.2, 0.25) is 0 Å². The third kappa shape index (κ3) is 1.57. The Kier molecular flexibility index (Phi) is 2.49. The first-order chi connectivity index (χ1) is 7.75. The number of benzene rings is 1. The minimum absolute atomic E-state index is 0.568. The first-order valence-corrected chi connectivity index (χ1v) is 6.30. The zero-order valence-corrected chi connectivity index (χ0v) is 10.1. The van der Waals surface area contributed by atoms with Crippen LogP contribution in [0.5, 0.6) is 0 Å². The molecule has 3 atom stereocenters. The summed E-state index contributed by atoms with van der Waals surface area (Å²) in [6, 6.07) is 10.9. The molecule has 2 aliphatic heterocycles. The highest BCUT2D eigenvalue weighted by Gasteiger charge is 2.39. The molecule has 0 spiro atoms. The first-order valence-electron chi connectivity index (χ1n) is 6.30. The molecule has 2 heteroatoms. The van der Waals surface area contributed by atoms with E-state index in [-0.39, 0.29) is 0 Å². The summed E-state index contributed by atoms with van der Waals surface area (Å²) in [5.74, 6) is 0. The van der Waals surface area contributed by atoms with Gasteiger partial charge in [0.15, 0.2) is 0 Å². The van der Waals surface area contributed by atoms with Crippen LogP contribution in [0.15, 0.2) is 24.3 Å². The lowest BCUT2D eigenvalue weighted by molar-refractivity contribution is 0.170. The lowest BCUT2D eigenvalue weighted by Gasteiger charge is -2.33. The SMILES string of the molecule is Cc1ccccc1C(C)N1CC2CC1CN2. The molecule has 86 valence electrons. The van der Waals surface area contributed by atoms with Gasteiger partial charge in [-0.2, -0.15) is 0 Å². The van der Waals surface area contributed by atoms with Gasteiger partial charge in [-0.05, 0) is 31.4 Å². The van der Waals surface area contributed by atoms with Crippen LogP contribution >= 0.6 is 0 Å². The van der Waals surface area contributed by atoms with E-state index in [4.69, 9.17) is 0 Å². The third-order valence-corrected chi connectivity index (χ3v) is 4.23. The number of rotatable bonds is 2. The standard InChI is InChI=1S/C14H20N2/c1-10-5-3-4-6-14(10)11(2)16-9-12-7-13(16)8-15-12/h3-6,11-13,15H,7-9H2,1-2H3. The van der Waals surface area contributed by atoms with Gasteiger partial charge >= 0.3 is 0 Å². The number of hydrogen-bond acceptors (Lipinski definition) is 2. The van der Waals surface area contributed by atoms with Gasteiger partial charge in [0.25, 0.3) is 0 Å². The maximum atomic E-state index is 3.57. The summed E-state index contributed by atoms with van der Waals surface area (Å²) in [5, 5.41) is 3.57. The number of fused-ring (bicyclic) bond motifs is 2. The Labute approximate surface area is 97.6 Å². The van der Waals surface area contributed by atoms with E-state index in [0.29, 0.717) is 6.04 Å². The van der Waals surface area contributed by atoms with Gasteiger partial charge in [-0.25, -0.2) is 0 Å². The second kappa shape index (κ2) is 3.86. The molecule has 16 heavy (non-hydrogen) atoms. The van der Waals surface area contributed by atoms with Crippen LogP contribution in [0.4, 0.5) is 0 Å². The van der Waals surface area contributed by atoms with Gasteiger partial charge < -0.3 is 5.32 Å². The van der Waals surface area contributed by atoms with E-state index >= 15 is 0 Å². The summed E-state index contributed by atoms with van der Waals surface area (Å²) in [5.41, 5.74) is 2.92. The maximum absolute atomic E-state index is 3.57. The van der Waals surface area contributed by atoms with Crippen molar-refractivity contribution in [2.45, 2.75) is 38.4 Å². The summed E-state index contributed by atoms with van der Waals surface area (Å²) in [7, 11) is 0. The minimum atomic E-state index is 0.568. The molecule has 0 radical (unpaired) electrons. The van der Waals surface area contributed by atoms with Crippen LogP contribution in [-0.4, -0.2) is 30.1 Å². The van der Waals surface area contributed by atoms with E-state index in [2.05, 4.69) is 48.3 Å². The molecule has 0 aliphatic carbocycles. The molecule has 3 rings (SSSR count). The van der Waals surface area contributed by atoms with Crippen LogP contribution in [0.1, 0.15) is 30.5 Å². The normalized spacial score (nSPS) is 30.9. The average Bonchev–Trinajstić information content (AvgIpc) is 2.90. The fourth-order valence-electron chi connectivity index (χ4n) is 3.30. The van der Waals surface area contributed by atoms with Crippen LogP contribution in [0.3, 0.4) is 0 Å². The van der Waals surface area contributed by atoms with Crippen molar-refractivity contribution in [3.8, 4) is 0 Å². The van der Waals surface area contributed by atoms with E-state index in [0.717, 1.165) is 12.1 Å². The van der Waals surface area contributed by atoms with Crippen LogP contribution < -0.4 is 5.32 Å². The van der Waals surface area contributed by atoms with Crippen molar-refractivity contribution < 1.29 is 0 Å². The zero-order valence-electron chi connectivity index (χ0n) is 10.1. The average molecular weight is 216 g/mol. The molecule has 2 nitrogen and oxygen atoms in total. The summed E-state index contributed by atoms with van der Waals surface area (Å²) < 4.78 is 0. The lowest BCUT2D eigenvalue weighted by atomic mass is 10.0. The van der Waals surface area contributed by atoms with Gasteiger partial charge in [-0.1, -0.05) is 24.3 Å². The number of nitrogens with zero attached hydrogens (tertiary/aromatic N) is 1. The van der Waals surface area contributed by atoms with E-state index in [1.165, 1.54) is 30.6 Å². The van der Waals surface area contributed by atoms with E-state index in [1.54, 1.807) is 0 Å². The van der Waals surface area contributed by atoms with Crippen LogP contribution in [0, 0.1) is 6.92 Å². The molecule has 2 bridgehead atoms. The Morgan fingerprint density at radius 1 is 1.38 bits per heavy atom. The van der Waals surface area contributed by atoms with Crippen molar-refractivity contribution >= 4 is 0 Å². The quantitative estimate of drug-likeness (QED) is 0.814. The van der Waals surface area contributed by atoms with E-state index < -0.39 is 0 Å². The van der Waals surface area contributed by atoms with Gasteiger partial charge in [-0.3, -0.25) is 4.90 Å². The summed E-state index contributed by atoms with van der Waals surface area (Å²) >= 11 is 0. The van der Waals surface area contributed by atoms with Crippen molar-refractivity contribution in [2.24, 2.45) is 0 Å². The topological polar surface area (TPSA) is 15.3 Å². The largest absolute Gasteiger partial charge is 0.311 e. The lowest BCUT2D eigenvalue weighted by Crippen LogP contribution is -2.44. The molecule has 1 N–H and O–H groups in total. The van der Waals surface area contributed by atoms with Crippen LogP contribution in [-0.2, 0) is 0 Å². The van der Waals surface area contributed by atoms with Crippen molar-refractivity contribution in [3.63, 3.8) is 0 Å². The van der Waals surface area contributed by atoms with E-state index in [9.17, 15) is 0 Å². The van der Waals surface area contributed by atoms with E-state index in [1.807, 2.05) is 0 Å². The molecule has 1 aromatic carbocycles. The zero-order chi connectivity index (χ0) is 11.1. The Morgan fingerprint density at radius 3 is 2.81 bits per heavy atom. The molecule has 2 saturated heterocycles. The molecule has 3 unspecified atom stereocenters. The number of nitrogens with one attached hydrogen (secondary N) is 1. The predicted molar refractivity (Wildman–Crippen MR) is 66.5 cm³/mol. The molecule has 2 fully saturated rings. The highest BCUT2D eigenvalue weighted by Crippen LogP contribution is 2.33. The maximum Gasteiger partial charge on any atom is 0.0326 e. The molecule has 2 heterocycles. The van der Waals surface area contributed by atoms with Crippen molar-refractivity contribution in [1.29, 1.82) is 0 Å². The fraction of sp³-hybridized carbons (Fsp3) is 0.571. The van der Waals surface area contributed by atoms with Gasteiger partial charge in [0.1, 0.15) is 0 Å².